The van der Waals surface area contributed by atoms with Crippen LogP contribution in [0.2, 0.25) is 0 Å². The fraction of sp³-hybridized carbons (Fsp3) is 1.00. The van der Waals surface area contributed by atoms with Gasteiger partial charge in [0.15, 0.2) is 0 Å². The van der Waals surface area contributed by atoms with Crippen LogP contribution in [-0.4, -0.2) is 19.3 Å². The molecule has 60 valence electrons. The van der Waals surface area contributed by atoms with Crippen LogP contribution < -0.4 is 5.32 Å². The van der Waals surface area contributed by atoms with Gasteiger partial charge in [0.25, 0.3) is 0 Å². The Morgan fingerprint density at radius 2 is 1.70 bits per heavy atom. The van der Waals surface area contributed by atoms with Crippen molar-refractivity contribution in [3.8, 4) is 0 Å². The zero-order chi connectivity index (χ0) is 6.27. The molecule has 1 saturated carbocycles. The van der Waals surface area contributed by atoms with Gasteiger partial charge in [0.05, 0.1) is 0 Å². The van der Waals surface area contributed by atoms with Gasteiger partial charge in [0, 0.05) is 0 Å². The van der Waals surface area contributed by atoms with E-state index >= 15 is 0 Å². The van der Waals surface area contributed by atoms with Crippen LogP contribution in [0.4, 0.5) is 4.39 Å². The maximum atomic E-state index is 12.3. The predicted octanol–water partition coefficient (Wildman–Crippen LogP) is 1.38. The minimum Gasteiger partial charge on any atom is -0.316 e. The Kier molecular flexibility index (Phi) is 2.53. The normalized spacial score (nSPS) is 39.3. The van der Waals surface area contributed by atoms with Crippen molar-refractivity contribution in [1.29, 1.82) is 0 Å². The van der Waals surface area contributed by atoms with E-state index in [-0.39, 0.29) is 12.4 Å². The van der Waals surface area contributed by atoms with Crippen molar-refractivity contribution in [3.63, 3.8) is 0 Å². The molecule has 0 aromatic rings. The van der Waals surface area contributed by atoms with Gasteiger partial charge in [-0.3, -0.25) is 0 Å². The lowest BCUT2D eigenvalue weighted by Crippen LogP contribution is -2.50. The summed E-state index contributed by atoms with van der Waals surface area (Å²) < 4.78 is 12.3. The summed E-state index contributed by atoms with van der Waals surface area (Å²) in [5.74, 6) is 1.54. The van der Waals surface area contributed by atoms with Crippen molar-refractivity contribution in [2.45, 2.75) is 19.0 Å². The Hall–Kier alpha value is 0.180. The molecule has 0 spiro atoms. The van der Waals surface area contributed by atoms with E-state index in [1.165, 1.54) is 0 Å². The van der Waals surface area contributed by atoms with E-state index in [2.05, 4.69) is 5.32 Å². The lowest BCUT2D eigenvalue weighted by atomic mass is 9.72. The molecule has 2 fully saturated rings. The first-order valence-corrected chi connectivity index (χ1v) is 3.71. The minimum absolute atomic E-state index is 0. The maximum absolute atomic E-state index is 12.3. The summed E-state index contributed by atoms with van der Waals surface area (Å²) in [7, 11) is 0. The molecule has 1 N–H and O–H groups in total. The van der Waals surface area contributed by atoms with E-state index in [0.717, 1.165) is 37.8 Å². The second-order valence-electron chi connectivity index (χ2n) is 3.25. The molecule has 0 radical (unpaired) electrons. The Bertz CT molecular complexity index is 110. The third-order valence-corrected chi connectivity index (χ3v) is 2.60. The van der Waals surface area contributed by atoms with Crippen molar-refractivity contribution in [2.24, 2.45) is 11.8 Å². The second kappa shape index (κ2) is 3.05. The molecule has 2 rings (SSSR count). The van der Waals surface area contributed by atoms with Crippen LogP contribution in [0, 0.1) is 11.8 Å². The SMILES string of the molecule is Cl.FC1CC(C2CNC2)C1. The molecule has 0 aromatic heterocycles. The minimum atomic E-state index is -0.462. The summed E-state index contributed by atoms with van der Waals surface area (Å²) in [5.41, 5.74) is 0. The molecular formula is C7H13ClFN. The Morgan fingerprint density at radius 1 is 1.10 bits per heavy atom. The number of hydrogen-bond acceptors (Lipinski definition) is 1. The number of hydrogen-bond donors (Lipinski definition) is 1. The van der Waals surface area contributed by atoms with Crippen LogP contribution in [0.15, 0.2) is 0 Å². The molecule has 1 aliphatic heterocycles. The third-order valence-electron chi connectivity index (χ3n) is 2.60. The quantitative estimate of drug-likeness (QED) is 0.619. The van der Waals surface area contributed by atoms with Gasteiger partial charge in [0.1, 0.15) is 6.17 Å². The fourth-order valence-electron chi connectivity index (χ4n) is 1.62. The highest BCUT2D eigenvalue weighted by molar-refractivity contribution is 5.85. The molecule has 0 amide bonds. The largest absolute Gasteiger partial charge is 0.316 e. The first kappa shape index (κ1) is 8.28. The number of rotatable bonds is 1. The third kappa shape index (κ3) is 1.28. The topological polar surface area (TPSA) is 12.0 Å². The lowest BCUT2D eigenvalue weighted by Gasteiger charge is -2.41. The summed E-state index contributed by atoms with van der Waals surface area (Å²) >= 11 is 0. The fourth-order valence-corrected chi connectivity index (χ4v) is 1.62. The van der Waals surface area contributed by atoms with Crippen molar-refractivity contribution >= 4 is 12.4 Å². The van der Waals surface area contributed by atoms with Crippen molar-refractivity contribution in [1.82, 2.24) is 5.32 Å². The summed E-state index contributed by atoms with van der Waals surface area (Å²) in [5, 5.41) is 3.20. The molecule has 0 bridgehead atoms. The van der Waals surface area contributed by atoms with Gasteiger partial charge in [-0.05, 0) is 37.8 Å². The smallest absolute Gasteiger partial charge is 0.101 e. The van der Waals surface area contributed by atoms with Gasteiger partial charge in [-0.2, -0.15) is 0 Å². The van der Waals surface area contributed by atoms with E-state index < -0.39 is 6.17 Å². The first-order chi connectivity index (χ1) is 4.36. The highest BCUT2D eigenvalue weighted by Crippen LogP contribution is 2.37. The van der Waals surface area contributed by atoms with Crippen molar-refractivity contribution < 1.29 is 4.39 Å². The monoisotopic (exact) mass is 165 g/mol. The maximum Gasteiger partial charge on any atom is 0.101 e. The summed E-state index contributed by atoms with van der Waals surface area (Å²) in [6, 6.07) is 0. The standard InChI is InChI=1S/C7H12FN.ClH/c8-7-1-5(2-7)6-3-9-4-6;/h5-7,9H,1-4H2;1H. The molecule has 0 aromatic carbocycles. The van der Waals surface area contributed by atoms with Crippen LogP contribution in [0.3, 0.4) is 0 Å². The first-order valence-electron chi connectivity index (χ1n) is 3.71. The molecule has 10 heavy (non-hydrogen) atoms. The Balaban J connectivity index is 0.000000500. The van der Waals surface area contributed by atoms with E-state index in [1.807, 2.05) is 0 Å². The molecule has 1 saturated heterocycles. The number of halogens is 2. The summed E-state index contributed by atoms with van der Waals surface area (Å²) in [6.07, 6.45) is 1.22. The van der Waals surface area contributed by atoms with Crippen LogP contribution in [-0.2, 0) is 0 Å². The highest BCUT2D eigenvalue weighted by Gasteiger charge is 2.37. The Morgan fingerprint density at radius 3 is 2.00 bits per heavy atom. The van der Waals surface area contributed by atoms with Gasteiger partial charge in [0.2, 0.25) is 0 Å². The van der Waals surface area contributed by atoms with Crippen molar-refractivity contribution in [3.05, 3.63) is 0 Å². The van der Waals surface area contributed by atoms with Gasteiger partial charge in [-0.15, -0.1) is 12.4 Å². The Labute approximate surface area is 66.8 Å². The number of nitrogens with one attached hydrogen (secondary N) is 1. The lowest BCUT2D eigenvalue weighted by molar-refractivity contribution is 0.0602. The molecule has 1 nitrogen and oxygen atoms in total. The van der Waals surface area contributed by atoms with Crippen molar-refractivity contribution in [2.75, 3.05) is 13.1 Å². The molecule has 1 heterocycles. The van der Waals surface area contributed by atoms with Crippen LogP contribution in [0.25, 0.3) is 0 Å². The molecule has 1 aliphatic carbocycles. The van der Waals surface area contributed by atoms with Gasteiger partial charge in [-0.1, -0.05) is 0 Å². The van der Waals surface area contributed by atoms with E-state index in [9.17, 15) is 4.39 Å². The molecule has 0 unspecified atom stereocenters. The van der Waals surface area contributed by atoms with Crippen LogP contribution >= 0.6 is 12.4 Å². The van der Waals surface area contributed by atoms with Gasteiger partial charge < -0.3 is 5.32 Å². The van der Waals surface area contributed by atoms with Crippen LogP contribution in [0.5, 0.6) is 0 Å². The number of alkyl halides is 1. The van der Waals surface area contributed by atoms with E-state index in [4.69, 9.17) is 0 Å². The average molecular weight is 166 g/mol. The highest BCUT2D eigenvalue weighted by atomic mass is 35.5. The molecular weight excluding hydrogens is 153 g/mol. The van der Waals surface area contributed by atoms with E-state index in [0.29, 0.717) is 0 Å². The summed E-state index contributed by atoms with van der Waals surface area (Å²) in [6.45, 7) is 2.27. The zero-order valence-corrected chi connectivity index (χ0v) is 6.66. The molecule has 3 heteroatoms. The summed E-state index contributed by atoms with van der Waals surface area (Å²) in [4.78, 5) is 0. The van der Waals surface area contributed by atoms with Gasteiger partial charge in [-0.25, -0.2) is 4.39 Å². The second-order valence-corrected chi connectivity index (χ2v) is 3.25. The average Bonchev–Trinajstić information content (AvgIpc) is 1.57. The van der Waals surface area contributed by atoms with E-state index in [1.54, 1.807) is 0 Å². The zero-order valence-electron chi connectivity index (χ0n) is 5.85. The molecule has 2 aliphatic rings. The predicted molar refractivity (Wildman–Crippen MR) is 41.2 cm³/mol. The molecule has 0 atom stereocenters. The van der Waals surface area contributed by atoms with Gasteiger partial charge >= 0.3 is 0 Å². The van der Waals surface area contributed by atoms with Crippen LogP contribution in [0.1, 0.15) is 12.8 Å².